The number of ketones is 1. The van der Waals surface area contributed by atoms with Crippen LogP contribution >= 0.6 is 12.6 Å². The van der Waals surface area contributed by atoms with Gasteiger partial charge in [0.2, 0.25) is 0 Å². The van der Waals surface area contributed by atoms with Crippen molar-refractivity contribution in [2.75, 3.05) is 12.3 Å². The summed E-state index contributed by atoms with van der Waals surface area (Å²) in [5.41, 5.74) is 0. The van der Waals surface area contributed by atoms with Gasteiger partial charge in [-0.3, -0.25) is 9.69 Å². The van der Waals surface area contributed by atoms with Crippen LogP contribution in [0.3, 0.4) is 0 Å². The Morgan fingerprint density at radius 2 is 2.00 bits per heavy atom. The normalized spacial score (nSPS) is 27.9. The summed E-state index contributed by atoms with van der Waals surface area (Å²) < 4.78 is 0. The van der Waals surface area contributed by atoms with Crippen molar-refractivity contribution in [3.05, 3.63) is 0 Å². The van der Waals surface area contributed by atoms with E-state index in [-0.39, 0.29) is 12.0 Å². The van der Waals surface area contributed by atoms with E-state index in [1.165, 1.54) is 0 Å². The molecule has 1 fully saturated rings. The van der Waals surface area contributed by atoms with Gasteiger partial charge in [0.05, 0.1) is 6.04 Å². The van der Waals surface area contributed by atoms with Gasteiger partial charge in [-0.25, -0.2) is 0 Å². The summed E-state index contributed by atoms with van der Waals surface area (Å²) >= 11 is 4.35. The van der Waals surface area contributed by atoms with Gasteiger partial charge in [0, 0.05) is 18.5 Å². The SMILES string of the molecule is CC(C)C(=O)[C@@H]1CC(CS)CN1C(C)C. The minimum absolute atomic E-state index is 0.141. The zero-order valence-electron chi connectivity index (χ0n) is 10.2. The van der Waals surface area contributed by atoms with E-state index in [1.54, 1.807) is 0 Å². The second-order valence-corrected chi connectivity index (χ2v) is 5.51. The molecule has 0 aromatic heterocycles. The Morgan fingerprint density at radius 1 is 1.40 bits per heavy atom. The first-order chi connectivity index (χ1) is 6.97. The molecule has 0 bridgehead atoms. The average molecular weight is 229 g/mol. The molecule has 1 saturated heterocycles. The highest BCUT2D eigenvalue weighted by Crippen LogP contribution is 2.28. The molecular weight excluding hydrogens is 206 g/mol. The van der Waals surface area contributed by atoms with Crippen molar-refractivity contribution >= 4 is 18.4 Å². The standard InChI is InChI=1S/C12H23NOS/c1-8(2)12(14)11-5-10(7-15)6-13(11)9(3)4/h8-11,15H,5-7H2,1-4H3/t10?,11-/m0/s1. The number of rotatable bonds is 4. The van der Waals surface area contributed by atoms with Gasteiger partial charge in [0.15, 0.2) is 5.78 Å². The third kappa shape index (κ3) is 2.97. The minimum atomic E-state index is 0.141. The fraction of sp³-hybridized carbons (Fsp3) is 0.917. The molecule has 0 radical (unpaired) electrons. The molecule has 0 spiro atoms. The summed E-state index contributed by atoms with van der Waals surface area (Å²) in [5.74, 6) is 2.02. The number of thiol groups is 1. The highest BCUT2D eigenvalue weighted by molar-refractivity contribution is 7.80. The monoisotopic (exact) mass is 229 g/mol. The van der Waals surface area contributed by atoms with E-state index in [0.29, 0.717) is 17.7 Å². The van der Waals surface area contributed by atoms with Crippen molar-refractivity contribution in [1.82, 2.24) is 4.90 Å². The Balaban J connectivity index is 2.72. The van der Waals surface area contributed by atoms with Crippen LogP contribution in [0, 0.1) is 11.8 Å². The third-order valence-corrected chi connectivity index (χ3v) is 3.76. The second-order valence-electron chi connectivity index (χ2n) is 5.15. The Bertz CT molecular complexity index is 228. The number of carbonyl (C=O) groups is 1. The van der Waals surface area contributed by atoms with Crippen molar-refractivity contribution in [1.29, 1.82) is 0 Å². The molecule has 0 aliphatic carbocycles. The number of carbonyl (C=O) groups excluding carboxylic acids is 1. The van der Waals surface area contributed by atoms with Crippen LogP contribution in [0.25, 0.3) is 0 Å². The molecule has 1 unspecified atom stereocenters. The van der Waals surface area contributed by atoms with Crippen molar-refractivity contribution in [3.8, 4) is 0 Å². The predicted molar refractivity (Wildman–Crippen MR) is 67.4 cm³/mol. The number of hydrogen-bond donors (Lipinski definition) is 1. The molecule has 3 heteroatoms. The molecule has 2 atom stereocenters. The number of likely N-dealkylation sites (tertiary alicyclic amines) is 1. The van der Waals surface area contributed by atoms with Crippen LogP contribution in [0.4, 0.5) is 0 Å². The first kappa shape index (κ1) is 13.0. The zero-order chi connectivity index (χ0) is 11.6. The fourth-order valence-electron chi connectivity index (χ4n) is 2.32. The smallest absolute Gasteiger partial charge is 0.152 e. The minimum Gasteiger partial charge on any atom is -0.298 e. The van der Waals surface area contributed by atoms with Gasteiger partial charge in [-0.2, -0.15) is 12.6 Å². The molecule has 0 aromatic rings. The first-order valence-electron chi connectivity index (χ1n) is 5.87. The average Bonchev–Trinajstić information content (AvgIpc) is 2.60. The van der Waals surface area contributed by atoms with E-state index < -0.39 is 0 Å². The highest BCUT2D eigenvalue weighted by atomic mass is 32.1. The molecule has 0 N–H and O–H groups in total. The van der Waals surface area contributed by atoms with Crippen LogP contribution in [-0.4, -0.2) is 35.1 Å². The molecular formula is C12H23NOS. The van der Waals surface area contributed by atoms with E-state index >= 15 is 0 Å². The van der Waals surface area contributed by atoms with Gasteiger partial charge in [0.25, 0.3) is 0 Å². The summed E-state index contributed by atoms with van der Waals surface area (Å²) in [4.78, 5) is 14.4. The maximum Gasteiger partial charge on any atom is 0.152 e. The molecule has 2 nitrogen and oxygen atoms in total. The van der Waals surface area contributed by atoms with Crippen LogP contribution in [0.1, 0.15) is 34.1 Å². The van der Waals surface area contributed by atoms with Crippen molar-refractivity contribution in [3.63, 3.8) is 0 Å². The molecule has 1 aliphatic rings. The Labute approximate surface area is 98.8 Å². The molecule has 1 rings (SSSR count). The molecule has 1 aliphatic heterocycles. The lowest BCUT2D eigenvalue weighted by Crippen LogP contribution is -2.42. The van der Waals surface area contributed by atoms with E-state index in [0.717, 1.165) is 18.7 Å². The molecule has 15 heavy (non-hydrogen) atoms. The summed E-state index contributed by atoms with van der Waals surface area (Å²) in [5, 5.41) is 0. The van der Waals surface area contributed by atoms with Crippen LogP contribution in [0.15, 0.2) is 0 Å². The lowest BCUT2D eigenvalue weighted by molar-refractivity contribution is -0.126. The van der Waals surface area contributed by atoms with Gasteiger partial charge in [-0.05, 0) is 31.9 Å². The summed E-state index contributed by atoms with van der Waals surface area (Å²) in [6.45, 7) is 9.36. The molecule has 0 saturated carbocycles. The third-order valence-electron chi connectivity index (χ3n) is 3.24. The number of nitrogens with zero attached hydrogens (tertiary/aromatic N) is 1. The molecule has 1 heterocycles. The highest BCUT2D eigenvalue weighted by Gasteiger charge is 2.37. The van der Waals surface area contributed by atoms with E-state index in [1.807, 2.05) is 13.8 Å². The van der Waals surface area contributed by atoms with Gasteiger partial charge >= 0.3 is 0 Å². The first-order valence-corrected chi connectivity index (χ1v) is 6.51. The van der Waals surface area contributed by atoms with E-state index in [2.05, 4.69) is 31.4 Å². The largest absolute Gasteiger partial charge is 0.298 e. The van der Waals surface area contributed by atoms with Crippen molar-refractivity contribution in [2.45, 2.75) is 46.2 Å². The topological polar surface area (TPSA) is 20.3 Å². The van der Waals surface area contributed by atoms with Gasteiger partial charge in [-0.1, -0.05) is 13.8 Å². The van der Waals surface area contributed by atoms with Crippen molar-refractivity contribution in [2.24, 2.45) is 11.8 Å². The van der Waals surface area contributed by atoms with Gasteiger partial charge in [-0.15, -0.1) is 0 Å². The Kier molecular flexibility index (Phi) is 4.65. The fourth-order valence-corrected chi connectivity index (χ4v) is 2.58. The maximum absolute atomic E-state index is 12.1. The van der Waals surface area contributed by atoms with Gasteiger partial charge < -0.3 is 0 Å². The predicted octanol–water partition coefficient (Wildman–Crippen LogP) is 2.24. The van der Waals surface area contributed by atoms with Crippen LogP contribution < -0.4 is 0 Å². The summed E-state index contributed by atoms with van der Waals surface area (Å²) in [6, 6.07) is 0.602. The Morgan fingerprint density at radius 3 is 2.40 bits per heavy atom. The quantitative estimate of drug-likeness (QED) is 0.746. The summed E-state index contributed by atoms with van der Waals surface area (Å²) in [6.07, 6.45) is 0.999. The number of hydrogen-bond acceptors (Lipinski definition) is 3. The Hall–Kier alpha value is -0.0200. The van der Waals surface area contributed by atoms with E-state index in [9.17, 15) is 4.79 Å². The lowest BCUT2D eigenvalue weighted by atomic mass is 9.97. The van der Waals surface area contributed by atoms with Crippen LogP contribution in [-0.2, 0) is 4.79 Å². The van der Waals surface area contributed by atoms with E-state index in [4.69, 9.17) is 0 Å². The maximum atomic E-state index is 12.1. The van der Waals surface area contributed by atoms with Crippen LogP contribution in [0.2, 0.25) is 0 Å². The molecule has 0 aromatic carbocycles. The van der Waals surface area contributed by atoms with Gasteiger partial charge in [0.1, 0.15) is 0 Å². The second kappa shape index (κ2) is 5.35. The lowest BCUT2D eigenvalue weighted by Gasteiger charge is -2.28. The zero-order valence-corrected chi connectivity index (χ0v) is 11.1. The summed E-state index contributed by atoms with van der Waals surface area (Å²) in [7, 11) is 0. The van der Waals surface area contributed by atoms with Crippen molar-refractivity contribution < 1.29 is 4.79 Å². The molecule has 0 amide bonds. The van der Waals surface area contributed by atoms with Crippen LogP contribution in [0.5, 0.6) is 0 Å². The number of Topliss-reactive ketones (excluding diaryl/α,β-unsaturated/α-hetero) is 1. The molecule has 88 valence electrons.